The lowest BCUT2D eigenvalue weighted by Crippen LogP contribution is -2.35. The van der Waals surface area contributed by atoms with Crippen LogP contribution in [0, 0.1) is 0 Å². The molecule has 11 heteroatoms. The maximum atomic E-state index is 14.7. The Balaban J connectivity index is 1.70. The van der Waals surface area contributed by atoms with Gasteiger partial charge in [-0.1, -0.05) is 47.5 Å². The van der Waals surface area contributed by atoms with Gasteiger partial charge >= 0.3 is 5.97 Å². The minimum absolute atomic E-state index is 0.0720. The number of hydrogen-bond acceptors (Lipinski definition) is 5. The van der Waals surface area contributed by atoms with Gasteiger partial charge in [-0.15, -0.1) is 0 Å². The lowest BCUT2D eigenvalue weighted by atomic mass is 9.91. The Morgan fingerprint density at radius 1 is 1.05 bits per heavy atom. The topological polar surface area (TPSA) is 116 Å². The van der Waals surface area contributed by atoms with Crippen LogP contribution in [0.25, 0.3) is 22.2 Å². The van der Waals surface area contributed by atoms with Crippen molar-refractivity contribution in [3.05, 3.63) is 98.4 Å². The van der Waals surface area contributed by atoms with E-state index < -0.39 is 36.1 Å². The van der Waals surface area contributed by atoms with Crippen LogP contribution in [0.1, 0.15) is 30.0 Å². The van der Waals surface area contributed by atoms with Gasteiger partial charge in [-0.3, -0.25) is 14.4 Å². The van der Waals surface area contributed by atoms with E-state index in [1.165, 1.54) is 0 Å². The maximum absolute atomic E-state index is 14.7. The largest absolute Gasteiger partial charge is 0.481 e. The number of carboxylic acid groups (broad SMARTS) is 1. The number of carbonyl (C=O) groups is 2. The van der Waals surface area contributed by atoms with Gasteiger partial charge in [-0.05, 0) is 47.5 Å². The Morgan fingerprint density at radius 2 is 1.71 bits per heavy atom. The van der Waals surface area contributed by atoms with Crippen molar-refractivity contribution >= 4 is 51.8 Å². The highest BCUT2D eigenvalue weighted by Crippen LogP contribution is 2.37. The molecule has 1 aliphatic rings. The van der Waals surface area contributed by atoms with Gasteiger partial charge in [0.1, 0.15) is 5.65 Å². The molecule has 2 aromatic carbocycles. The molecule has 1 amide bonds. The number of rotatable bonds is 6. The van der Waals surface area contributed by atoms with E-state index in [1.807, 2.05) is 0 Å². The van der Waals surface area contributed by atoms with E-state index in [-0.39, 0.29) is 17.7 Å². The van der Waals surface area contributed by atoms with Crippen LogP contribution >= 0.6 is 23.2 Å². The highest BCUT2D eigenvalue weighted by molar-refractivity contribution is 6.31. The summed E-state index contributed by atoms with van der Waals surface area (Å²) in [5.41, 5.74) is 2.07. The van der Waals surface area contributed by atoms with Crippen molar-refractivity contribution in [2.45, 2.75) is 25.1 Å². The zero-order chi connectivity index (χ0) is 27.0. The highest BCUT2D eigenvalue weighted by atomic mass is 35.5. The maximum Gasteiger partial charge on any atom is 0.306 e. The molecule has 3 heterocycles. The summed E-state index contributed by atoms with van der Waals surface area (Å²) in [6.45, 7) is 0. The van der Waals surface area contributed by atoms with Gasteiger partial charge in [0.25, 0.3) is 11.5 Å². The van der Waals surface area contributed by atoms with Gasteiger partial charge in [0.2, 0.25) is 0 Å². The van der Waals surface area contributed by atoms with Gasteiger partial charge in [0, 0.05) is 33.6 Å². The molecule has 0 fully saturated rings. The van der Waals surface area contributed by atoms with Crippen LogP contribution in [-0.2, 0) is 9.59 Å². The molecule has 0 saturated carbocycles. The van der Waals surface area contributed by atoms with Crippen LogP contribution in [0.3, 0.4) is 0 Å². The molecule has 5 rings (SSSR count). The second-order valence-corrected chi connectivity index (χ2v) is 9.55. The molecule has 2 N–H and O–H groups in total. The zero-order valence-corrected chi connectivity index (χ0v) is 21.1. The molecular formula is C27H19Cl2FN4O4. The number of halogens is 3. The van der Waals surface area contributed by atoms with Crippen LogP contribution in [0.4, 0.5) is 4.39 Å². The van der Waals surface area contributed by atoms with Gasteiger partial charge in [0.15, 0.2) is 6.17 Å². The summed E-state index contributed by atoms with van der Waals surface area (Å²) >= 11 is 12.1. The molecule has 0 spiro atoms. The summed E-state index contributed by atoms with van der Waals surface area (Å²) in [5, 5.41) is 15.9. The first-order valence-electron chi connectivity index (χ1n) is 11.5. The van der Waals surface area contributed by atoms with Crippen molar-refractivity contribution in [3.8, 4) is 11.1 Å². The molecule has 4 aromatic rings. The number of amides is 1. The molecule has 2 atom stereocenters. The quantitative estimate of drug-likeness (QED) is 0.332. The van der Waals surface area contributed by atoms with E-state index in [9.17, 15) is 18.8 Å². The molecular weight excluding hydrogens is 534 g/mol. The lowest BCUT2D eigenvalue weighted by Gasteiger charge is -2.23. The number of aliphatic carboxylic acids is 1. The molecule has 2 unspecified atom stereocenters. The van der Waals surface area contributed by atoms with Crippen molar-refractivity contribution in [1.29, 1.82) is 0 Å². The first kappa shape index (κ1) is 25.6. The highest BCUT2D eigenvalue weighted by Gasteiger charge is 2.39. The van der Waals surface area contributed by atoms with Crippen molar-refractivity contribution in [3.63, 3.8) is 0 Å². The van der Waals surface area contributed by atoms with E-state index in [0.717, 1.165) is 5.01 Å². The SMILES string of the molecule is O=C(O)CC(F)C(=O)N1N=C(c2c(-c3ccc(Cl)cc3)c3cccnc3[nH]c2=O)CC1c1ccc(Cl)cc1. The fourth-order valence-corrected chi connectivity index (χ4v) is 4.76. The van der Waals surface area contributed by atoms with Crippen LogP contribution in [0.15, 0.2) is 76.8 Å². The van der Waals surface area contributed by atoms with Crippen molar-refractivity contribution in [2.24, 2.45) is 5.10 Å². The number of nitrogens with zero attached hydrogens (tertiary/aromatic N) is 3. The van der Waals surface area contributed by atoms with Crippen LogP contribution < -0.4 is 5.56 Å². The van der Waals surface area contributed by atoms with Crippen LogP contribution in [-0.4, -0.2) is 43.8 Å². The number of pyridine rings is 2. The lowest BCUT2D eigenvalue weighted by molar-refractivity contribution is -0.146. The fourth-order valence-electron chi connectivity index (χ4n) is 4.51. The van der Waals surface area contributed by atoms with Gasteiger partial charge in [-0.2, -0.15) is 5.10 Å². The summed E-state index contributed by atoms with van der Waals surface area (Å²) in [7, 11) is 0. The number of nitrogens with one attached hydrogen (secondary N) is 1. The zero-order valence-electron chi connectivity index (χ0n) is 19.6. The molecule has 0 aliphatic carbocycles. The van der Waals surface area contributed by atoms with E-state index >= 15 is 0 Å². The van der Waals surface area contributed by atoms with Crippen molar-refractivity contribution in [1.82, 2.24) is 15.0 Å². The van der Waals surface area contributed by atoms with E-state index in [2.05, 4.69) is 15.1 Å². The Labute approximate surface area is 225 Å². The average molecular weight is 553 g/mol. The van der Waals surface area contributed by atoms with Gasteiger partial charge < -0.3 is 10.1 Å². The van der Waals surface area contributed by atoms with Gasteiger partial charge in [0.05, 0.1) is 23.7 Å². The number of H-pyrrole nitrogens is 1. The summed E-state index contributed by atoms with van der Waals surface area (Å²) in [6.07, 6.45) is -1.70. The fraction of sp³-hybridized carbons (Fsp3) is 0.148. The van der Waals surface area contributed by atoms with E-state index in [0.29, 0.717) is 37.8 Å². The molecule has 38 heavy (non-hydrogen) atoms. The van der Waals surface area contributed by atoms with Crippen LogP contribution in [0.5, 0.6) is 0 Å². The minimum atomic E-state index is -2.32. The first-order valence-corrected chi connectivity index (χ1v) is 12.3. The number of benzene rings is 2. The number of alkyl halides is 1. The minimum Gasteiger partial charge on any atom is -0.481 e. The van der Waals surface area contributed by atoms with Crippen LogP contribution in [0.2, 0.25) is 10.0 Å². The second kappa shape index (κ2) is 10.4. The van der Waals surface area contributed by atoms with Crippen molar-refractivity contribution in [2.75, 3.05) is 0 Å². The predicted octanol–water partition coefficient (Wildman–Crippen LogP) is 5.39. The summed E-state index contributed by atoms with van der Waals surface area (Å²) in [4.78, 5) is 44.6. The van der Waals surface area contributed by atoms with E-state index in [1.54, 1.807) is 66.9 Å². The molecule has 0 bridgehead atoms. The van der Waals surface area contributed by atoms with Crippen molar-refractivity contribution < 1.29 is 19.1 Å². The number of hydrogen-bond donors (Lipinski definition) is 2. The second-order valence-electron chi connectivity index (χ2n) is 8.68. The Bertz CT molecular complexity index is 1640. The summed E-state index contributed by atoms with van der Waals surface area (Å²) < 4.78 is 14.7. The molecule has 0 radical (unpaired) electrons. The van der Waals surface area contributed by atoms with E-state index in [4.69, 9.17) is 28.3 Å². The monoisotopic (exact) mass is 552 g/mol. The standard InChI is InChI=1S/C27H19Cl2FN4O4/c28-16-7-3-14(4-8-16)21-13-20(33-34(21)27(38)19(30)12-22(35)36)24-23(15-5-9-17(29)10-6-15)18-2-1-11-31-25(18)32-26(24)37/h1-11,19,21H,12-13H2,(H,35,36)(H,31,32,37). The Kier molecular flexibility index (Phi) is 6.96. The third kappa shape index (κ3) is 4.90. The Morgan fingerprint density at radius 3 is 2.37 bits per heavy atom. The number of carboxylic acids is 1. The third-order valence-corrected chi connectivity index (χ3v) is 6.72. The molecule has 2 aromatic heterocycles. The normalized spacial score (nSPS) is 15.9. The summed E-state index contributed by atoms with van der Waals surface area (Å²) in [5.74, 6) is -2.57. The number of aromatic nitrogens is 2. The van der Waals surface area contributed by atoms with Gasteiger partial charge in [-0.25, -0.2) is 14.4 Å². The number of aromatic amines is 1. The third-order valence-electron chi connectivity index (χ3n) is 6.22. The predicted molar refractivity (Wildman–Crippen MR) is 142 cm³/mol. The number of hydrazone groups is 1. The molecule has 1 aliphatic heterocycles. The molecule has 192 valence electrons. The Hall–Kier alpha value is -4.08. The summed E-state index contributed by atoms with van der Waals surface area (Å²) in [6, 6.07) is 16.2. The molecule has 0 saturated heterocycles. The first-order chi connectivity index (χ1) is 18.2. The number of fused-ring (bicyclic) bond motifs is 1. The average Bonchev–Trinajstić information content (AvgIpc) is 3.33. The number of carbonyl (C=O) groups excluding carboxylic acids is 1. The molecule has 8 nitrogen and oxygen atoms in total. The smallest absolute Gasteiger partial charge is 0.306 e.